The van der Waals surface area contributed by atoms with Crippen LogP contribution in [-0.2, 0) is 21.3 Å². The van der Waals surface area contributed by atoms with Crippen LogP contribution in [0.1, 0.15) is 36.8 Å². The standard InChI is InChI=1S/C11H17N3O3S/c1-18(15,16)14-8-9-6-12-11(13-7-9)10-4-2-3-5-17-10/h6-7,10,14H,2-5,8H2,1H3/t10-/m0/s1. The van der Waals surface area contributed by atoms with Crippen LogP contribution in [0.3, 0.4) is 0 Å². The molecule has 0 spiro atoms. The average molecular weight is 271 g/mol. The predicted molar refractivity (Wildman–Crippen MR) is 66.3 cm³/mol. The Morgan fingerprint density at radius 3 is 2.67 bits per heavy atom. The molecular formula is C11H17N3O3S. The fraction of sp³-hybridized carbons (Fsp3) is 0.636. The molecule has 0 amide bonds. The summed E-state index contributed by atoms with van der Waals surface area (Å²) < 4.78 is 29.9. The number of sulfonamides is 1. The number of nitrogens with one attached hydrogen (secondary N) is 1. The molecule has 0 unspecified atom stereocenters. The zero-order chi connectivity index (χ0) is 13.0. The summed E-state index contributed by atoms with van der Waals surface area (Å²) in [6.07, 6.45) is 7.55. The van der Waals surface area contributed by atoms with Crippen molar-refractivity contribution >= 4 is 10.0 Å². The van der Waals surface area contributed by atoms with Crippen molar-refractivity contribution in [2.45, 2.75) is 31.9 Å². The first-order chi connectivity index (χ1) is 8.54. The van der Waals surface area contributed by atoms with Gasteiger partial charge in [0.25, 0.3) is 0 Å². The highest BCUT2D eigenvalue weighted by Gasteiger charge is 2.18. The summed E-state index contributed by atoms with van der Waals surface area (Å²) in [6.45, 7) is 0.968. The van der Waals surface area contributed by atoms with Crippen LogP contribution in [0.4, 0.5) is 0 Å². The first kappa shape index (κ1) is 13.4. The molecule has 1 aromatic heterocycles. The minimum Gasteiger partial charge on any atom is -0.370 e. The zero-order valence-corrected chi connectivity index (χ0v) is 11.1. The van der Waals surface area contributed by atoms with E-state index in [1.165, 1.54) is 0 Å². The highest BCUT2D eigenvalue weighted by atomic mass is 32.2. The summed E-state index contributed by atoms with van der Waals surface area (Å²) >= 11 is 0. The van der Waals surface area contributed by atoms with Crippen molar-refractivity contribution in [3.05, 3.63) is 23.8 Å². The Labute approximate surface area is 107 Å². The average Bonchev–Trinajstić information content (AvgIpc) is 2.37. The maximum absolute atomic E-state index is 10.9. The molecule has 7 heteroatoms. The topological polar surface area (TPSA) is 81.2 Å². The molecule has 2 rings (SSSR count). The SMILES string of the molecule is CS(=O)(=O)NCc1cnc([C@@H]2CCCCO2)nc1. The Kier molecular flexibility index (Phi) is 4.26. The molecule has 0 aliphatic carbocycles. The van der Waals surface area contributed by atoms with Gasteiger partial charge >= 0.3 is 0 Å². The summed E-state index contributed by atoms with van der Waals surface area (Å²) in [4.78, 5) is 8.46. The largest absolute Gasteiger partial charge is 0.370 e. The van der Waals surface area contributed by atoms with Gasteiger partial charge in [0.1, 0.15) is 6.10 Å². The van der Waals surface area contributed by atoms with Crippen molar-refractivity contribution in [1.29, 1.82) is 0 Å². The van der Waals surface area contributed by atoms with Gasteiger partial charge < -0.3 is 4.74 Å². The molecule has 0 aromatic carbocycles. The third-order valence-electron chi connectivity index (χ3n) is 2.73. The van der Waals surface area contributed by atoms with Gasteiger partial charge in [-0.3, -0.25) is 0 Å². The highest BCUT2D eigenvalue weighted by molar-refractivity contribution is 7.88. The van der Waals surface area contributed by atoms with E-state index < -0.39 is 10.0 Å². The van der Waals surface area contributed by atoms with Crippen molar-refractivity contribution in [1.82, 2.24) is 14.7 Å². The Hall–Kier alpha value is -1.05. The van der Waals surface area contributed by atoms with E-state index in [9.17, 15) is 8.42 Å². The molecule has 6 nitrogen and oxygen atoms in total. The van der Waals surface area contributed by atoms with E-state index >= 15 is 0 Å². The molecule has 1 atom stereocenters. The van der Waals surface area contributed by atoms with Crippen LogP contribution in [0, 0.1) is 0 Å². The molecule has 1 aliphatic heterocycles. The second-order valence-electron chi connectivity index (χ2n) is 4.40. The molecule has 1 aliphatic rings. The normalized spacial score (nSPS) is 20.8. The van der Waals surface area contributed by atoms with Crippen LogP contribution in [0.2, 0.25) is 0 Å². The summed E-state index contributed by atoms with van der Waals surface area (Å²) in [7, 11) is -3.18. The maximum Gasteiger partial charge on any atom is 0.209 e. The van der Waals surface area contributed by atoms with Gasteiger partial charge in [0.2, 0.25) is 10.0 Å². The van der Waals surface area contributed by atoms with Gasteiger partial charge in [0.05, 0.1) is 6.26 Å². The fourth-order valence-electron chi connectivity index (χ4n) is 1.78. The lowest BCUT2D eigenvalue weighted by Gasteiger charge is -2.21. The smallest absolute Gasteiger partial charge is 0.209 e. The summed E-state index contributed by atoms with van der Waals surface area (Å²) in [5, 5.41) is 0. The van der Waals surface area contributed by atoms with E-state index in [0.29, 0.717) is 5.82 Å². The fourth-order valence-corrected chi connectivity index (χ4v) is 2.21. The van der Waals surface area contributed by atoms with E-state index in [2.05, 4.69) is 14.7 Å². The molecule has 0 saturated carbocycles. The molecule has 100 valence electrons. The third-order valence-corrected chi connectivity index (χ3v) is 3.40. The molecule has 0 radical (unpaired) electrons. The van der Waals surface area contributed by atoms with Crippen molar-refractivity contribution in [3.8, 4) is 0 Å². The lowest BCUT2D eigenvalue weighted by Crippen LogP contribution is -2.21. The minimum atomic E-state index is -3.18. The number of ether oxygens (including phenoxy) is 1. The number of nitrogens with zero attached hydrogens (tertiary/aromatic N) is 2. The quantitative estimate of drug-likeness (QED) is 0.874. The van der Waals surface area contributed by atoms with Gasteiger partial charge in [-0.25, -0.2) is 23.1 Å². The lowest BCUT2D eigenvalue weighted by molar-refractivity contribution is 0.00940. The van der Waals surface area contributed by atoms with Crippen molar-refractivity contribution in [3.63, 3.8) is 0 Å². The zero-order valence-electron chi connectivity index (χ0n) is 10.3. The second-order valence-corrected chi connectivity index (χ2v) is 6.23. The monoisotopic (exact) mass is 271 g/mol. The van der Waals surface area contributed by atoms with Crippen molar-refractivity contribution in [2.24, 2.45) is 0 Å². The van der Waals surface area contributed by atoms with Gasteiger partial charge in [-0.15, -0.1) is 0 Å². The number of hydrogen-bond donors (Lipinski definition) is 1. The molecule has 1 N–H and O–H groups in total. The molecule has 0 bridgehead atoms. The van der Waals surface area contributed by atoms with Gasteiger partial charge in [0.15, 0.2) is 5.82 Å². The van der Waals surface area contributed by atoms with Crippen LogP contribution in [-0.4, -0.2) is 31.2 Å². The lowest BCUT2D eigenvalue weighted by atomic mass is 10.1. The van der Waals surface area contributed by atoms with Gasteiger partial charge in [0, 0.05) is 31.1 Å². The van der Waals surface area contributed by atoms with Crippen LogP contribution >= 0.6 is 0 Å². The molecule has 2 heterocycles. The number of hydrogen-bond acceptors (Lipinski definition) is 5. The molecule has 1 saturated heterocycles. The maximum atomic E-state index is 10.9. The van der Waals surface area contributed by atoms with E-state index in [0.717, 1.165) is 37.7 Å². The molecule has 1 aromatic rings. The Balaban J connectivity index is 1.96. The van der Waals surface area contributed by atoms with Crippen LogP contribution in [0.25, 0.3) is 0 Å². The van der Waals surface area contributed by atoms with Crippen LogP contribution < -0.4 is 4.72 Å². The first-order valence-electron chi connectivity index (χ1n) is 5.92. The first-order valence-corrected chi connectivity index (χ1v) is 7.81. The van der Waals surface area contributed by atoms with E-state index in [-0.39, 0.29) is 12.6 Å². The summed E-state index contributed by atoms with van der Waals surface area (Å²) in [5.41, 5.74) is 0.736. The van der Waals surface area contributed by atoms with Crippen LogP contribution in [0.5, 0.6) is 0 Å². The molecule has 18 heavy (non-hydrogen) atoms. The molecule has 1 fully saturated rings. The second kappa shape index (κ2) is 5.73. The van der Waals surface area contributed by atoms with E-state index in [1.807, 2.05) is 0 Å². The predicted octanol–water partition coefficient (Wildman–Crippen LogP) is 0.767. The van der Waals surface area contributed by atoms with E-state index in [4.69, 9.17) is 4.74 Å². The van der Waals surface area contributed by atoms with Crippen molar-refractivity contribution in [2.75, 3.05) is 12.9 Å². The Morgan fingerprint density at radius 2 is 2.11 bits per heavy atom. The van der Waals surface area contributed by atoms with Gasteiger partial charge in [-0.1, -0.05) is 0 Å². The minimum absolute atomic E-state index is 0.0179. The Morgan fingerprint density at radius 1 is 1.39 bits per heavy atom. The highest BCUT2D eigenvalue weighted by Crippen LogP contribution is 2.24. The Bertz CT molecular complexity index is 481. The van der Waals surface area contributed by atoms with Gasteiger partial charge in [-0.05, 0) is 19.3 Å². The van der Waals surface area contributed by atoms with E-state index in [1.54, 1.807) is 12.4 Å². The van der Waals surface area contributed by atoms with Crippen molar-refractivity contribution < 1.29 is 13.2 Å². The van der Waals surface area contributed by atoms with Crippen LogP contribution in [0.15, 0.2) is 12.4 Å². The summed E-state index contributed by atoms with van der Waals surface area (Å²) in [5.74, 6) is 0.679. The number of rotatable bonds is 4. The number of aromatic nitrogens is 2. The summed E-state index contributed by atoms with van der Waals surface area (Å²) in [6, 6.07) is 0. The third kappa shape index (κ3) is 4.01. The van der Waals surface area contributed by atoms with Gasteiger partial charge in [-0.2, -0.15) is 0 Å². The molecular weight excluding hydrogens is 254 g/mol.